The molecule has 0 saturated carbocycles. The summed E-state index contributed by atoms with van der Waals surface area (Å²) in [6.07, 6.45) is 7.87. The fourth-order valence-corrected chi connectivity index (χ4v) is 2.28. The number of benzene rings is 1. The molecule has 0 aliphatic heterocycles. The number of hydrogen-bond donors (Lipinski definition) is 1. The van der Waals surface area contributed by atoms with Gasteiger partial charge >= 0.3 is 0 Å². The van der Waals surface area contributed by atoms with E-state index in [0.717, 1.165) is 12.6 Å². The van der Waals surface area contributed by atoms with Crippen LogP contribution in [-0.4, -0.2) is 12.6 Å². The Balaban J connectivity index is 2.04. The van der Waals surface area contributed by atoms with Crippen LogP contribution >= 0.6 is 0 Å². The molecule has 0 aliphatic rings. The van der Waals surface area contributed by atoms with Crippen molar-refractivity contribution >= 4 is 0 Å². The molecule has 0 radical (unpaired) electrons. The van der Waals surface area contributed by atoms with Crippen LogP contribution in [0.3, 0.4) is 0 Å². The lowest BCUT2D eigenvalue weighted by atomic mass is 10.0. The molecular weight excluding hydrogens is 206 g/mol. The van der Waals surface area contributed by atoms with E-state index in [4.69, 9.17) is 0 Å². The summed E-state index contributed by atoms with van der Waals surface area (Å²) < 4.78 is 0. The van der Waals surface area contributed by atoms with Crippen LogP contribution in [0.4, 0.5) is 0 Å². The lowest BCUT2D eigenvalue weighted by molar-refractivity contribution is 0.456. The molecule has 0 bridgehead atoms. The highest BCUT2D eigenvalue weighted by molar-refractivity contribution is 5.14. The maximum atomic E-state index is 3.54. The maximum Gasteiger partial charge on any atom is 0.00643 e. The first-order chi connectivity index (χ1) is 8.36. The van der Waals surface area contributed by atoms with Crippen molar-refractivity contribution in [3.8, 4) is 0 Å². The highest BCUT2D eigenvalue weighted by Crippen LogP contribution is 2.10. The van der Waals surface area contributed by atoms with E-state index in [1.165, 1.54) is 44.1 Å². The number of aryl methyl sites for hydroxylation is 1. The van der Waals surface area contributed by atoms with E-state index < -0.39 is 0 Å². The Labute approximate surface area is 107 Å². The number of rotatable bonds is 9. The standard InChI is InChI=1S/C16H27N/c1-3-16(17-4-2)14-10-6-9-13-15-11-7-5-8-12-15/h5,7-8,11-12,16-17H,3-4,6,9-10,13-14H2,1-2H3. The second-order valence-corrected chi connectivity index (χ2v) is 4.75. The van der Waals surface area contributed by atoms with E-state index in [-0.39, 0.29) is 0 Å². The first kappa shape index (κ1) is 14.2. The molecule has 0 fully saturated rings. The van der Waals surface area contributed by atoms with E-state index in [9.17, 15) is 0 Å². The number of hydrogen-bond acceptors (Lipinski definition) is 1. The van der Waals surface area contributed by atoms with Crippen molar-refractivity contribution in [3.63, 3.8) is 0 Å². The van der Waals surface area contributed by atoms with Gasteiger partial charge in [0.15, 0.2) is 0 Å². The second kappa shape index (κ2) is 9.23. The van der Waals surface area contributed by atoms with Gasteiger partial charge in [-0.2, -0.15) is 0 Å². The Morgan fingerprint density at radius 3 is 2.41 bits per heavy atom. The largest absolute Gasteiger partial charge is 0.314 e. The Morgan fingerprint density at radius 2 is 1.76 bits per heavy atom. The molecule has 96 valence electrons. The second-order valence-electron chi connectivity index (χ2n) is 4.75. The smallest absolute Gasteiger partial charge is 0.00643 e. The van der Waals surface area contributed by atoms with Crippen molar-refractivity contribution < 1.29 is 0 Å². The highest BCUT2D eigenvalue weighted by atomic mass is 14.9. The molecule has 1 aromatic rings. The summed E-state index contributed by atoms with van der Waals surface area (Å²) in [7, 11) is 0. The molecule has 1 rings (SSSR count). The topological polar surface area (TPSA) is 12.0 Å². The first-order valence-corrected chi connectivity index (χ1v) is 7.14. The molecule has 1 heteroatoms. The van der Waals surface area contributed by atoms with Crippen molar-refractivity contribution in [1.29, 1.82) is 0 Å². The van der Waals surface area contributed by atoms with Gasteiger partial charge in [0.2, 0.25) is 0 Å². The van der Waals surface area contributed by atoms with Gasteiger partial charge in [-0.1, -0.05) is 57.0 Å². The summed E-state index contributed by atoms with van der Waals surface area (Å²) in [6.45, 7) is 5.57. The first-order valence-electron chi connectivity index (χ1n) is 7.14. The molecule has 17 heavy (non-hydrogen) atoms. The van der Waals surface area contributed by atoms with Gasteiger partial charge in [-0.05, 0) is 37.8 Å². The lowest BCUT2D eigenvalue weighted by Crippen LogP contribution is -2.27. The fraction of sp³-hybridized carbons (Fsp3) is 0.625. The highest BCUT2D eigenvalue weighted by Gasteiger charge is 2.03. The van der Waals surface area contributed by atoms with Crippen LogP contribution in [-0.2, 0) is 6.42 Å². The maximum absolute atomic E-state index is 3.54. The summed E-state index contributed by atoms with van der Waals surface area (Å²) in [5.41, 5.74) is 1.48. The van der Waals surface area contributed by atoms with Gasteiger partial charge in [-0.25, -0.2) is 0 Å². The fourth-order valence-electron chi connectivity index (χ4n) is 2.28. The third-order valence-electron chi connectivity index (χ3n) is 3.35. The summed E-state index contributed by atoms with van der Waals surface area (Å²) in [4.78, 5) is 0. The van der Waals surface area contributed by atoms with E-state index in [1.807, 2.05) is 0 Å². The predicted octanol–water partition coefficient (Wildman–Crippen LogP) is 4.18. The van der Waals surface area contributed by atoms with E-state index in [2.05, 4.69) is 49.5 Å². The third kappa shape index (κ3) is 6.48. The predicted molar refractivity (Wildman–Crippen MR) is 76.4 cm³/mol. The molecule has 0 aromatic heterocycles. The molecule has 1 aromatic carbocycles. The van der Waals surface area contributed by atoms with E-state index in [1.54, 1.807) is 0 Å². The molecule has 1 N–H and O–H groups in total. The van der Waals surface area contributed by atoms with E-state index >= 15 is 0 Å². The van der Waals surface area contributed by atoms with Gasteiger partial charge in [0.25, 0.3) is 0 Å². The van der Waals surface area contributed by atoms with Gasteiger partial charge in [0, 0.05) is 6.04 Å². The molecule has 1 unspecified atom stereocenters. The van der Waals surface area contributed by atoms with Crippen LogP contribution in [0.15, 0.2) is 30.3 Å². The molecule has 0 heterocycles. The minimum absolute atomic E-state index is 0.733. The molecule has 0 amide bonds. The summed E-state index contributed by atoms with van der Waals surface area (Å²) in [5, 5.41) is 3.54. The minimum atomic E-state index is 0.733. The van der Waals surface area contributed by atoms with Gasteiger partial charge < -0.3 is 5.32 Å². The van der Waals surface area contributed by atoms with Crippen LogP contribution in [0.5, 0.6) is 0 Å². The van der Waals surface area contributed by atoms with Crippen molar-refractivity contribution in [1.82, 2.24) is 5.32 Å². The Hall–Kier alpha value is -0.820. The van der Waals surface area contributed by atoms with Crippen molar-refractivity contribution in [2.45, 2.75) is 58.4 Å². The van der Waals surface area contributed by atoms with Gasteiger partial charge in [0.05, 0.1) is 0 Å². The average molecular weight is 233 g/mol. The summed E-state index contributed by atoms with van der Waals surface area (Å²) in [6, 6.07) is 11.5. The van der Waals surface area contributed by atoms with Gasteiger partial charge in [-0.3, -0.25) is 0 Å². The SMILES string of the molecule is CCNC(CC)CCCCCc1ccccc1. The van der Waals surface area contributed by atoms with Crippen molar-refractivity contribution in [3.05, 3.63) is 35.9 Å². The summed E-state index contributed by atoms with van der Waals surface area (Å²) in [5.74, 6) is 0. The quantitative estimate of drug-likeness (QED) is 0.631. The monoisotopic (exact) mass is 233 g/mol. The molecule has 1 nitrogen and oxygen atoms in total. The van der Waals surface area contributed by atoms with Crippen LogP contribution in [0.2, 0.25) is 0 Å². The molecule has 1 atom stereocenters. The zero-order valence-corrected chi connectivity index (χ0v) is 11.4. The van der Waals surface area contributed by atoms with Gasteiger partial charge in [0.1, 0.15) is 0 Å². The van der Waals surface area contributed by atoms with E-state index in [0.29, 0.717) is 0 Å². The zero-order chi connectivity index (χ0) is 12.3. The number of unbranched alkanes of at least 4 members (excludes halogenated alkanes) is 2. The number of nitrogens with one attached hydrogen (secondary N) is 1. The van der Waals surface area contributed by atoms with Crippen molar-refractivity contribution in [2.24, 2.45) is 0 Å². The van der Waals surface area contributed by atoms with Crippen molar-refractivity contribution in [2.75, 3.05) is 6.54 Å². The summed E-state index contributed by atoms with van der Waals surface area (Å²) >= 11 is 0. The van der Waals surface area contributed by atoms with Gasteiger partial charge in [-0.15, -0.1) is 0 Å². The Bertz CT molecular complexity index is 268. The average Bonchev–Trinajstić information content (AvgIpc) is 2.38. The normalized spacial score (nSPS) is 12.6. The molecular formula is C16H27N. The molecule has 0 spiro atoms. The lowest BCUT2D eigenvalue weighted by Gasteiger charge is -2.15. The molecule has 0 aliphatic carbocycles. The van der Waals surface area contributed by atoms with Crippen LogP contribution in [0.1, 0.15) is 51.5 Å². The third-order valence-corrected chi connectivity index (χ3v) is 3.35. The van der Waals surface area contributed by atoms with Crippen LogP contribution in [0.25, 0.3) is 0 Å². The zero-order valence-electron chi connectivity index (χ0n) is 11.4. The molecule has 0 saturated heterocycles. The Morgan fingerprint density at radius 1 is 1.00 bits per heavy atom. The minimum Gasteiger partial charge on any atom is -0.314 e. The Kier molecular flexibility index (Phi) is 7.74. The van der Waals surface area contributed by atoms with Crippen LogP contribution < -0.4 is 5.32 Å². The van der Waals surface area contributed by atoms with Crippen LogP contribution in [0, 0.1) is 0 Å².